The van der Waals surface area contributed by atoms with E-state index >= 15 is 0 Å². The molecule has 0 aromatic heterocycles. The Morgan fingerprint density at radius 3 is 2.47 bits per heavy atom. The summed E-state index contributed by atoms with van der Waals surface area (Å²) < 4.78 is 44.6. The molecule has 3 rings (SSSR count). The summed E-state index contributed by atoms with van der Waals surface area (Å²) in [4.78, 5) is 26.9. The molecule has 2 amide bonds. The molecule has 1 atom stereocenters. The molecule has 8 heteroatoms. The molecular weight excluding hydrogens is 397 g/mol. The van der Waals surface area contributed by atoms with Gasteiger partial charge < -0.3 is 10.1 Å². The Labute approximate surface area is 172 Å². The minimum atomic E-state index is -4.54. The summed E-state index contributed by atoms with van der Waals surface area (Å²) in [5, 5.41) is 2.66. The highest BCUT2D eigenvalue weighted by Crippen LogP contribution is 2.35. The van der Waals surface area contributed by atoms with Crippen molar-refractivity contribution in [2.24, 2.45) is 0 Å². The molecule has 1 N–H and O–H groups in total. The minimum absolute atomic E-state index is 0.0948. The van der Waals surface area contributed by atoms with Crippen molar-refractivity contribution in [3.05, 3.63) is 82.6 Å². The van der Waals surface area contributed by atoms with Crippen LogP contribution in [-0.4, -0.2) is 23.5 Å². The lowest BCUT2D eigenvalue weighted by molar-refractivity contribution is -0.139. The van der Waals surface area contributed by atoms with Crippen LogP contribution in [0.3, 0.4) is 0 Å². The smallest absolute Gasteiger partial charge is 0.416 e. The number of allylic oxidation sites excluding steroid dienone is 1. The lowest BCUT2D eigenvalue weighted by Gasteiger charge is -2.35. The number of carbonyl (C=O) groups excluding carboxylic acids is 2. The zero-order valence-corrected chi connectivity index (χ0v) is 16.5. The monoisotopic (exact) mass is 418 g/mol. The number of halogens is 3. The van der Waals surface area contributed by atoms with Crippen LogP contribution in [0.15, 0.2) is 65.9 Å². The van der Waals surface area contributed by atoms with Gasteiger partial charge in [0.25, 0.3) is 0 Å². The average molecular weight is 418 g/mol. The summed E-state index contributed by atoms with van der Waals surface area (Å²) in [6, 6.07) is 12.2. The van der Waals surface area contributed by atoms with Gasteiger partial charge in [-0.15, -0.1) is 0 Å². The average Bonchev–Trinajstić information content (AvgIpc) is 2.71. The Hall–Kier alpha value is -3.29. The molecule has 0 fully saturated rings. The largest absolute Gasteiger partial charge is 0.463 e. The third kappa shape index (κ3) is 4.48. The number of benzene rings is 2. The Bertz CT molecular complexity index is 971. The number of nitrogens with zero attached hydrogens (tertiary/aromatic N) is 1. The molecular formula is C22H21F3N2O3. The molecule has 1 aliphatic rings. The summed E-state index contributed by atoms with van der Waals surface area (Å²) in [6.07, 6.45) is -4.54. The zero-order valence-electron chi connectivity index (χ0n) is 16.5. The number of alkyl halides is 3. The summed E-state index contributed by atoms with van der Waals surface area (Å²) in [5.74, 6) is -0.685. The Kier molecular flexibility index (Phi) is 6.14. The standard InChI is InChI=1S/C22H21F3N2O3/c1-3-30-20(28)18-14(2)27(13-15-8-5-4-6-9-15)21(29)26-19(18)16-10-7-11-17(12-16)22(23,24)25/h4-12,19H,3,13H2,1-2H3,(H,26,29). The van der Waals surface area contributed by atoms with Gasteiger partial charge in [0.2, 0.25) is 0 Å². The lowest BCUT2D eigenvalue weighted by atomic mass is 9.93. The first-order valence-electron chi connectivity index (χ1n) is 9.39. The van der Waals surface area contributed by atoms with E-state index in [1.165, 1.54) is 17.0 Å². The highest BCUT2D eigenvalue weighted by molar-refractivity contribution is 5.95. The molecule has 0 aliphatic carbocycles. The van der Waals surface area contributed by atoms with Gasteiger partial charge in [-0.3, -0.25) is 4.90 Å². The fourth-order valence-electron chi connectivity index (χ4n) is 3.36. The predicted octanol–water partition coefficient (Wildman–Crippen LogP) is 4.81. The second-order valence-electron chi connectivity index (χ2n) is 6.80. The van der Waals surface area contributed by atoms with Crippen molar-refractivity contribution in [2.45, 2.75) is 32.6 Å². The lowest BCUT2D eigenvalue weighted by Crippen LogP contribution is -2.47. The number of esters is 1. The van der Waals surface area contributed by atoms with Crippen molar-refractivity contribution >= 4 is 12.0 Å². The van der Waals surface area contributed by atoms with Crippen molar-refractivity contribution in [2.75, 3.05) is 6.61 Å². The molecule has 5 nitrogen and oxygen atoms in total. The maximum atomic E-state index is 13.2. The number of carbonyl (C=O) groups is 2. The van der Waals surface area contributed by atoms with Crippen molar-refractivity contribution in [3.63, 3.8) is 0 Å². The quantitative estimate of drug-likeness (QED) is 0.709. The van der Waals surface area contributed by atoms with Gasteiger partial charge in [0.05, 0.1) is 30.3 Å². The van der Waals surface area contributed by atoms with Crippen molar-refractivity contribution in [1.82, 2.24) is 10.2 Å². The fraction of sp³-hybridized carbons (Fsp3) is 0.273. The van der Waals surface area contributed by atoms with Gasteiger partial charge in [0, 0.05) is 5.70 Å². The second kappa shape index (κ2) is 8.61. The summed E-state index contributed by atoms with van der Waals surface area (Å²) in [6.45, 7) is 3.53. The maximum Gasteiger partial charge on any atom is 0.416 e. The van der Waals surface area contributed by atoms with Crippen LogP contribution in [0.4, 0.5) is 18.0 Å². The third-order valence-corrected chi connectivity index (χ3v) is 4.82. The molecule has 1 unspecified atom stereocenters. The normalized spacial score (nSPS) is 17.0. The van der Waals surface area contributed by atoms with Crippen LogP contribution in [0.1, 0.15) is 36.6 Å². The molecule has 1 heterocycles. The van der Waals surface area contributed by atoms with Crippen molar-refractivity contribution in [3.8, 4) is 0 Å². The van der Waals surface area contributed by atoms with E-state index in [1.807, 2.05) is 30.3 Å². The Morgan fingerprint density at radius 1 is 1.13 bits per heavy atom. The molecule has 0 spiro atoms. The maximum absolute atomic E-state index is 13.2. The highest BCUT2D eigenvalue weighted by atomic mass is 19.4. The molecule has 2 aromatic rings. The molecule has 0 bridgehead atoms. The van der Waals surface area contributed by atoms with Crippen molar-refractivity contribution in [1.29, 1.82) is 0 Å². The minimum Gasteiger partial charge on any atom is -0.463 e. The van der Waals surface area contributed by atoms with E-state index in [-0.39, 0.29) is 24.3 Å². The Morgan fingerprint density at radius 2 is 1.83 bits per heavy atom. The van der Waals surface area contributed by atoms with E-state index in [4.69, 9.17) is 4.74 Å². The van der Waals surface area contributed by atoms with Gasteiger partial charge in [-0.25, -0.2) is 9.59 Å². The zero-order chi connectivity index (χ0) is 21.9. The first-order valence-corrected chi connectivity index (χ1v) is 9.39. The molecule has 0 saturated heterocycles. The number of urea groups is 1. The SMILES string of the molecule is CCOC(=O)C1=C(C)N(Cc2ccccc2)C(=O)NC1c1cccc(C(F)(F)F)c1. The van der Waals surface area contributed by atoms with Gasteiger partial charge in [0.1, 0.15) is 0 Å². The van der Waals surface area contributed by atoms with Gasteiger partial charge in [-0.1, -0.05) is 42.5 Å². The van der Waals surface area contributed by atoms with Gasteiger partial charge in [0.15, 0.2) is 0 Å². The number of hydrogen-bond acceptors (Lipinski definition) is 3. The summed E-state index contributed by atoms with van der Waals surface area (Å²) >= 11 is 0. The number of amides is 2. The van der Waals surface area contributed by atoms with Crippen LogP contribution in [0.2, 0.25) is 0 Å². The number of ether oxygens (including phenoxy) is 1. The topological polar surface area (TPSA) is 58.6 Å². The van der Waals surface area contributed by atoms with E-state index in [0.29, 0.717) is 5.70 Å². The second-order valence-corrected chi connectivity index (χ2v) is 6.80. The molecule has 158 valence electrons. The number of rotatable bonds is 5. The van der Waals surface area contributed by atoms with Crippen molar-refractivity contribution < 1.29 is 27.5 Å². The number of nitrogens with one attached hydrogen (secondary N) is 1. The van der Waals surface area contributed by atoms with Crippen LogP contribution < -0.4 is 5.32 Å². The molecule has 2 aromatic carbocycles. The molecule has 30 heavy (non-hydrogen) atoms. The predicted molar refractivity (Wildman–Crippen MR) is 104 cm³/mol. The third-order valence-electron chi connectivity index (χ3n) is 4.82. The van der Waals surface area contributed by atoms with E-state index in [9.17, 15) is 22.8 Å². The van der Waals surface area contributed by atoms with Crippen LogP contribution >= 0.6 is 0 Å². The summed E-state index contributed by atoms with van der Waals surface area (Å²) in [5.41, 5.74) is 0.574. The van der Waals surface area contributed by atoms with Crippen LogP contribution in [0.25, 0.3) is 0 Å². The van der Waals surface area contributed by atoms with Gasteiger partial charge >= 0.3 is 18.2 Å². The van der Waals surface area contributed by atoms with E-state index in [0.717, 1.165) is 17.7 Å². The van der Waals surface area contributed by atoms with Crippen LogP contribution in [-0.2, 0) is 22.3 Å². The first kappa shape index (κ1) is 21.4. The molecule has 1 aliphatic heterocycles. The highest BCUT2D eigenvalue weighted by Gasteiger charge is 2.38. The van der Waals surface area contributed by atoms with E-state index in [1.54, 1.807) is 13.8 Å². The number of hydrogen-bond donors (Lipinski definition) is 1. The van der Waals surface area contributed by atoms with E-state index in [2.05, 4.69) is 5.32 Å². The first-order chi connectivity index (χ1) is 14.2. The Balaban J connectivity index is 2.06. The molecule has 0 saturated carbocycles. The fourth-order valence-corrected chi connectivity index (χ4v) is 3.36. The molecule has 0 radical (unpaired) electrons. The van der Waals surface area contributed by atoms with Crippen LogP contribution in [0, 0.1) is 0 Å². The van der Waals surface area contributed by atoms with Crippen LogP contribution in [0.5, 0.6) is 0 Å². The summed E-state index contributed by atoms with van der Waals surface area (Å²) in [7, 11) is 0. The van der Waals surface area contributed by atoms with Gasteiger partial charge in [-0.05, 0) is 37.1 Å². The van der Waals surface area contributed by atoms with E-state index < -0.39 is 29.8 Å². The van der Waals surface area contributed by atoms with Gasteiger partial charge in [-0.2, -0.15) is 13.2 Å².